The van der Waals surface area contributed by atoms with E-state index < -0.39 is 28.2 Å². The number of aromatic nitrogens is 1. The molecule has 2 heterocycles. The van der Waals surface area contributed by atoms with Gasteiger partial charge in [-0.05, 0) is 60.9 Å². The summed E-state index contributed by atoms with van der Waals surface area (Å²) in [6.07, 6.45) is 4.02. The lowest BCUT2D eigenvalue weighted by Gasteiger charge is -2.16. The van der Waals surface area contributed by atoms with Crippen molar-refractivity contribution in [1.82, 2.24) is 15.8 Å². The number of carbonyl (C=O) groups is 2. The number of hydrogen-bond acceptors (Lipinski definition) is 8. The van der Waals surface area contributed by atoms with Crippen molar-refractivity contribution in [3.05, 3.63) is 106 Å². The summed E-state index contributed by atoms with van der Waals surface area (Å²) < 4.78 is 5.32. The zero-order chi connectivity index (χ0) is 27.2. The van der Waals surface area contributed by atoms with Gasteiger partial charge in [0.2, 0.25) is 5.76 Å². The molecule has 0 bridgehead atoms. The first-order chi connectivity index (χ1) is 18.3. The Bertz CT molecular complexity index is 1460. The standard InChI is InChI=1S/C27H25N5O6/c1-3-17-4-8-20(9-5-17)29-16(2)19-6-10-22(28-15-19)21-12-13-38-25(21)27(35)31-30-26(34)18-7-11-24(33)23(14-18)32(36)37/h4-16,29,33H,3H2,1-2H3,(H,30,34)(H,31,35). The maximum atomic E-state index is 12.7. The summed E-state index contributed by atoms with van der Waals surface area (Å²) in [5.41, 5.74) is 7.74. The number of pyridine rings is 1. The van der Waals surface area contributed by atoms with Crippen molar-refractivity contribution >= 4 is 23.2 Å². The van der Waals surface area contributed by atoms with Gasteiger partial charge in [0.15, 0.2) is 5.75 Å². The van der Waals surface area contributed by atoms with Crippen LogP contribution in [0.25, 0.3) is 11.3 Å². The number of nitro groups is 1. The Morgan fingerprint density at radius 1 is 1.05 bits per heavy atom. The lowest BCUT2D eigenvalue weighted by molar-refractivity contribution is -0.385. The first-order valence-electron chi connectivity index (χ1n) is 11.7. The van der Waals surface area contributed by atoms with E-state index in [2.05, 4.69) is 40.2 Å². The van der Waals surface area contributed by atoms with Crippen molar-refractivity contribution in [3.63, 3.8) is 0 Å². The van der Waals surface area contributed by atoms with Crippen LogP contribution in [0, 0.1) is 10.1 Å². The summed E-state index contributed by atoms with van der Waals surface area (Å²) >= 11 is 0. The van der Waals surface area contributed by atoms with Crippen molar-refractivity contribution < 1.29 is 24.0 Å². The van der Waals surface area contributed by atoms with Crippen LogP contribution in [0.15, 0.2) is 77.5 Å². The molecule has 4 rings (SSSR count). The molecule has 0 aliphatic carbocycles. The maximum absolute atomic E-state index is 12.7. The predicted molar refractivity (Wildman–Crippen MR) is 139 cm³/mol. The Labute approximate surface area is 217 Å². The summed E-state index contributed by atoms with van der Waals surface area (Å²) in [5, 5.41) is 23.9. The number of nitrogens with one attached hydrogen (secondary N) is 3. The van der Waals surface area contributed by atoms with Crippen LogP contribution >= 0.6 is 0 Å². The number of phenols is 1. The molecule has 2 aromatic heterocycles. The number of furan rings is 1. The smallest absolute Gasteiger partial charge is 0.311 e. The van der Waals surface area contributed by atoms with E-state index in [9.17, 15) is 24.8 Å². The van der Waals surface area contributed by atoms with Gasteiger partial charge in [0.1, 0.15) is 0 Å². The molecule has 0 aliphatic heterocycles. The number of nitro benzene ring substituents is 1. The zero-order valence-electron chi connectivity index (χ0n) is 20.6. The van der Waals surface area contributed by atoms with Gasteiger partial charge in [-0.3, -0.25) is 35.5 Å². The zero-order valence-corrected chi connectivity index (χ0v) is 20.6. The molecule has 2 aromatic carbocycles. The topological polar surface area (TPSA) is 160 Å². The summed E-state index contributed by atoms with van der Waals surface area (Å²) in [6, 6.07) is 16.6. The van der Waals surface area contributed by atoms with E-state index >= 15 is 0 Å². The molecule has 0 spiro atoms. The molecule has 4 N–H and O–H groups in total. The molecule has 11 nitrogen and oxygen atoms in total. The van der Waals surface area contributed by atoms with E-state index in [0.29, 0.717) is 11.3 Å². The Kier molecular flexibility index (Phi) is 7.66. The van der Waals surface area contributed by atoms with Crippen LogP contribution in [0.4, 0.5) is 11.4 Å². The molecule has 194 valence electrons. The molecular formula is C27H25N5O6. The minimum absolute atomic E-state index is 0.0120. The van der Waals surface area contributed by atoms with Crippen molar-refractivity contribution in [2.45, 2.75) is 26.3 Å². The van der Waals surface area contributed by atoms with E-state index in [1.54, 1.807) is 18.3 Å². The molecule has 0 radical (unpaired) electrons. The fourth-order valence-electron chi connectivity index (χ4n) is 3.73. The van der Waals surface area contributed by atoms with E-state index in [4.69, 9.17) is 4.42 Å². The van der Waals surface area contributed by atoms with Gasteiger partial charge < -0.3 is 14.8 Å². The van der Waals surface area contributed by atoms with E-state index in [1.807, 2.05) is 25.1 Å². The van der Waals surface area contributed by atoms with Crippen molar-refractivity contribution in [2.24, 2.45) is 0 Å². The molecule has 38 heavy (non-hydrogen) atoms. The molecule has 11 heteroatoms. The number of rotatable bonds is 8. The highest BCUT2D eigenvalue weighted by molar-refractivity contribution is 6.01. The molecule has 0 aliphatic rings. The normalized spacial score (nSPS) is 11.4. The quantitative estimate of drug-likeness (QED) is 0.193. The third-order valence-electron chi connectivity index (χ3n) is 5.90. The number of benzene rings is 2. The van der Waals surface area contributed by atoms with Crippen molar-refractivity contribution in [3.8, 4) is 17.0 Å². The Balaban J connectivity index is 1.41. The lowest BCUT2D eigenvalue weighted by atomic mass is 10.1. The van der Waals surface area contributed by atoms with Crippen molar-refractivity contribution in [1.29, 1.82) is 0 Å². The molecule has 0 saturated heterocycles. The Morgan fingerprint density at radius 3 is 2.45 bits per heavy atom. The Hall–Kier alpha value is -5.19. The van der Waals surface area contributed by atoms with Crippen LogP contribution in [-0.2, 0) is 6.42 Å². The molecule has 1 atom stereocenters. The number of phenolic OH excluding ortho intramolecular Hbond substituents is 1. The van der Waals surface area contributed by atoms with E-state index in [1.165, 1.54) is 17.9 Å². The van der Waals surface area contributed by atoms with Crippen LogP contribution in [0.3, 0.4) is 0 Å². The summed E-state index contributed by atoms with van der Waals surface area (Å²) in [4.78, 5) is 39.7. The highest BCUT2D eigenvalue weighted by Crippen LogP contribution is 2.27. The fraction of sp³-hybridized carbons (Fsp3) is 0.148. The van der Waals surface area contributed by atoms with Gasteiger partial charge in [0, 0.05) is 23.5 Å². The van der Waals surface area contributed by atoms with Gasteiger partial charge in [-0.25, -0.2) is 0 Å². The molecule has 0 fully saturated rings. The molecular weight excluding hydrogens is 490 g/mol. The predicted octanol–water partition coefficient (Wildman–Crippen LogP) is 4.77. The highest BCUT2D eigenvalue weighted by atomic mass is 16.6. The summed E-state index contributed by atoms with van der Waals surface area (Å²) in [7, 11) is 0. The summed E-state index contributed by atoms with van der Waals surface area (Å²) in [5.74, 6) is -2.22. The Morgan fingerprint density at radius 2 is 1.79 bits per heavy atom. The minimum atomic E-state index is -0.821. The lowest BCUT2D eigenvalue weighted by Crippen LogP contribution is -2.41. The van der Waals surface area contributed by atoms with E-state index in [-0.39, 0.29) is 17.4 Å². The number of hydrazine groups is 1. The second-order valence-electron chi connectivity index (χ2n) is 8.43. The van der Waals surface area contributed by atoms with Gasteiger partial charge in [-0.2, -0.15) is 0 Å². The monoisotopic (exact) mass is 515 g/mol. The van der Waals surface area contributed by atoms with Crippen molar-refractivity contribution in [2.75, 3.05) is 5.32 Å². The minimum Gasteiger partial charge on any atom is -0.502 e. The number of aromatic hydroxyl groups is 1. The van der Waals surface area contributed by atoms with Gasteiger partial charge in [0.05, 0.1) is 28.5 Å². The average Bonchev–Trinajstić information content (AvgIpc) is 3.42. The number of hydrogen-bond donors (Lipinski definition) is 4. The molecule has 0 saturated carbocycles. The van der Waals surface area contributed by atoms with Gasteiger partial charge in [-0.1, -0.05) is 25.1 Å². The second kappa shape index (κ2) is 11.2. The SMILES string of the molecule is CCc1ccc(NC(C)c2ccc(-c3ccoc3C(=O)NNC(=O)c3ccc(O)c([N+](=O)[O-])c3)nc2)cc1. The van der Waals surface area contributed by atoms with Gasteiger partial charge >= 0.3 is 11.6 Å². The first kappa shape index (κ1) is 25.9. The highest BCUT2D eigenvalue weighted by Gasteiger charge is 2.21. The average molecular weight is 516 g/mol. The van der Waals surface area contributed by atoms with E-state index in [0.717, 1.165) is 29.8 Å². The molecule has 2 amide bonds. The number of amides is 2. The molecule has 4 aromatic rings. The van der Waals surface area contributed by atoms with Crippen LogP contribution in [0.5, 0.6) is 5.75 Å². The van der Waals surface area contributed by atoms with Crippen LogP contribution in [-0.4, -0.2) is 26.8 Å². The number of aryl methyl sites for hydroxylation is 1. The fourth-order valence-corrected chi connectivity index (χ4v) is 3.73. The number of carbonyl (C=O) groups excluding carboxylic acids is 2. The van der Waals surface area contributed by atoms with Gasteiger partial charge in [0.25, 0.3) is 5.91 Å². The van der Waals surface area contributed by atoms with Crippen LogP contribution < -0.4 is 16.2 Å². The third kappa shape index (κ3) is 5.78. The van der Waals surface area contributed by atoms with Crippen LogP contribution in [0.1, 0.15) is 51.9 Å². The number of nitrogens with zero attached hydrogens (tertiary/aromatic N) is 2. The van der Waals surface area contributed by atoms with Crippen LogP contribution in [0.2, 0.25) is 0 Å². The maximum Gasteiger partial charge on any atom is 0.311 e. The molecule has 1 unspecified atom stereocenters. The largest absolute Gasteiger partial charge is 0.502 e. The second-order valence-corrected chi connectivity index (χ2v) is 8.43. The number of anilines is 1. The summed E-state index contributed by atoms with van der Waals surface area (Å²) in [6.45, 7) is 4.13. The van der Waals surface area contributed by atoms with Gasteiger partial charge in [-0.15, -0.1) is 0 Å². The first-order valence-corrected chi connectivity index (χ1v) is 11.7. The third-order valence-corrected chi connectivity index (χ3v) is 5.90.